The molecule has 2 heterocycles. The van der Waals surface area contributed by atoms with E-state index in [1.807, 2.05) is 12.1 Å². The van der Waals surface area contributed by atoms with Gasteiger partial charge in [0.15, 0.2) is 0 Å². The van der Waals surface area contributed by atoms with E-state index in [2.05, 4.69) is 31.0 Å². The summed E-state index contributed by atoms with van der Waals surface area (Å²) >= 11 is 0. The third-order valence-corrected chi connectivity index (χ3v) is 3.16. The van der Waals surface area contributed by atoms with Gasteiger partial charge in [-0.05, 0) is 23.4 Å². The number of anilines is 1. The zero-order valence-electron chi connectivity index (χ0n) is 13.1. The Hall–Kier alpha value is -3.74. The van der Waals surface area contributed by atoms with Crippen LogP contribution in [-0.4, -0.2) is 30.4 Å². The van der Waals surface area contributed by atoms with Gasteiger partial charge in [-0.3, -0.25) is 4.68 Å². The average Bonchev–Trinajstić information content (AvgIpc) is 3.27. The van der Waals surface area contributed by atoms with Crippen LogP contribution < -0.4 is 10.1 Å². The summed E-state index contributed by atoms with van der Waals surface area (Å²) in [7, 11) is 1.81. The third-order valence-electron chi connectivity index (χ3n) is 3.16. The Morgan fingerprint density at radius 1 is 1.48 bits per heavy atom. The summed E-state index contributed by atoms with van der Waals surface area (Å²) in [6, 6.07) is 7.79. The molecule has 0 saturated heterocycles. The fourth-order valence-electron chi connectivity index (χ4n) is 2.01. The minimum atomic E-state index is -0.445. The first-order valence-corrected chi connectivity index (χ1v) is 7.17. The van der Waals surface area contributed by atoms with Crippen LogP contribution in [0.3, 0.4) is 0 Å². The van der Waals surface area contributed by atoms with Gasteiger partial charge in [-0.25, -0.2) is 4.39 Å². The van der Waals surface area contributed by atoms with Crippen LogP contribution in [0.5, 0.6) is 5.75 Å². The molecule has 0 unspecified atom stereocenters. The second-order valence-electron chi connectivity index (χ2n) is 4.96. The van der Waals surface area contributed by atoms with E-state index in [1.54, 1.807) is 17.9 Å². The maximum Gasteiger partial charge on any atom is 0.216 e. The Morgan fingerprint density at radius 2 is 2.36 bits per heavy atom. The number of halogens is 1. The minimum absolute atomic E-state index is 0.127. The number of rotatable bonds is 6. The quantitative estimate of drug-likeness (QED) is 0.655. The molecular formula is C15H13FN8O. The van der Waals surface area contributed by atoms with E-state index in [4.69, 9.17) is 10.00 Å². The van der Waals surface area contributed by atoms with Gasteiger partial charge in [-0.1, -0.05) is 0 Å². The van der Waals surface area contributed by atoms with E-state index >= 15 is 0 Å². The van der Waals surface area contributed by atoms with Gasteiger partial charge in [-0.15, -0.1) is 10.2 Å². The Kier molecular flexibility index (Phi) is 4.66. The number of hydrogen-bond donors (Lipinski definition) is 2. The molecule has 0 bridgehead atoms. The van der Waals surface area contributed by atoms with Gasteiger partial charge < -0.3 is 10.1 Å². The number of benzene rings is 1. The first-order chi connectivity index (χ1) is 12.2. The largest absolute Gasteiger partial charge is 0.485 e. The van der Waals surface area contributed by atoms with Crippen LogP contribution in [-0.2, 0) is 13.7 Å². The van der Waals surface area contributed by atoms with Gasteiger partial charge in [0.05, 0.1) is 11.4 Å². The lowest BCUT2D eigenvalue weighted by molar-refractivity contribution is 0.301. The monoisotopic (exact) mass is 340 g/mol. The molecule has 3 rings (SSSR count). The van der Waals surface area contributed by atoms with E-state index < -0.39 is 5.82 Å². The molecule has 0 fully saturated rings. The predicted octanol–water partition coefficient (Wildman–Crippen LogP) is 1.63. The van der Waals surface area contributed by atoms with E-state index in [9.17, 15) is 4.39 Å². The summed E-state index contributed by atoms with van der Waals surface area (Å²) in [5.41, 5.74) is 1.22. The number of aromatic amines is 1. The maximum atomic E-state index is 13.6. The zero-order valence-corrected chi connectivity index (χ0v) is 13.1. The first-order valence-electron chi connectivity index (χ1n) is 7.17. The Labute approximate surface area is 141 Å². The van der Waals surface area contributed by atoms with E-state index in [-0.39, 0.29) is 18.0 Å². The fourth-order valence-corrected chi connectivity index (χ4v) is 2.01. The minimum Gasteiger partial charge on any atom is -0.485 e. The van der Waals surface area contributed by atoms with Gasteiger partial charge in [0.2, 0.25) is 5.82 Å². The molecule has 3 aromatic rings. The SMILES string of the molecule is Cn1ccc(COc2ccc(F)cc2NC=C(C#N)c2nn[nH]n2)n1. The number of aromatic nitrogens is 6. The smallest absolute Gasteiger partial charge is 0.216 e. The van der Waals surface area contributed by atoms with E-state index in [0.29, 0.717) is 11.4 Å². The molecule has 0 saturated carbocycles. The summed E-state index contributed by atoms with van der Waals surface area (Å²) < 4.78 is 20.9. The van der Waals surface area contributed by atoms with Crippen molar-refractivity contribution in [2.24, 2.45) is 7.05 Å². The third kappa shape index (κ3) is 3.97. The van der Waals surface area contributed by atoms with Crippen molar-refractivity contribution in [2.75, 3.05) is 5.32 Å². The number of H-pyrrole nitrogens is 1. The Balaban J connectivity index is 1.78. The standard InChI is InChI=1S/C15H13FN8O/c1-24-5-4-12(21-24)9-25-14-3-2-11(16)6-13(14)18-8-10(7-17)15-19-22-23-20-15/h2-6,8,18H,9H2,1H3,(H,19,20,22,23). The summed E-state index contributed by atoms with van der Waals surface area (Å²) in [6.07, 6.45) is 3.16. The van der Waals surface area contributed by atoms with Crippen molar-refractivity contribution in [1.29, 1.82) is 5.26 Å². The molecule has 0 radical (unpaired) electrons. The molecule has 2 aromatic heterocycles. The zero-order chi connectivity index (χ0) is 17.6. The van der Waals surface area contributed by atoms with E-state index in [0.717, 1.165) is 5.69 Å². The lowest BCUT2D eigenvalue weighted by Crippen LogP contribution is -2.01. The average molecular weight is 340 g/mol. The predicted molar refractivity (Wildman–Crippen MR) is 85.3 cm³/mol. The fraction of sp³-hybridized carbons (Fsp3) is 0.133. The van der Waals surface area contributed by atoms with Crippen molar-refractivity contribution in [3.8, 4) is 11.8 Å². The number of nitriles is 1. The van der Waals surface area contributed by atoms with Crippen LogP contribution in [0.1, 0.15) is 11.5 Å². The molecule has 0 spiro atoms. The number of tetrazole rings is 1. The summed E-state index contributed by atoms with van der Waals surface area (Å²) in [5.74, 6) is 0.0928. The number of allylic oxidation sites excluding steroid dienone is 1. The summed E-state index contributed by atoms with van der Waals surface area (Å²) in [6.45, 7) is 0.223. The molecule has 0 aliphatic carbocycles. The number of nitrogens with one attached hydrogen (secondary N) is 2. The van der Waals surface area contributed by atoms with Crippen molar-refractivity contribution in [1.82, 2.24) is 30.4 Å². The lowest BCUT2D eigenvalue weighted by Gasteiger charge is -2.11. The molecule has 0 aliphatic rings. The number of aryl methyl sites for hydroxylation is 1. The molecule has 1 aromatic carbocycles. The van der Waals surface area contributed by atoms with Crippen LogP contribution >= 0.6 is 0 Å². The number of nitrogens with zero attached hydrogens (tertiary/aromatic N) is 6. The van der Waals surface area contributed by atoms with Gasteiger partial charge >= 0.3 is 0 Å². The van der Waals surface area contributed by atoms with Crippen LogP contribution in [0, 0.1) is 17.1 Å². The van der Waals surface area contributed by atoms with Gasteiger partial charge in [-0.2, -0.15) is 15.6 Å². The Bertz CT molecular complexity index is 925. The molecule has 10 heteroatoms. The van der Waals surface area contributed by atoms with Crippen LogP contribution in [0.2, 0.25) is 0 Å². The van der Waals surface area contributed by atoms with Gasteiger partial charge in [0, 0.05) is 25.5 Å². The number of ether oxygens (including phenoxy) is 1. The second kappa shape index (κ2) is 7.22. The maximum absolute atomic E-state index is 13.6. The Morgan fingerprint density at radius 3 is 3.04 bits per heavy atom. The van der Waals surface area contributed by atoms with E-state index in [1.165, 1.54) is 24.4 Å². The normalized spacial score (nSPS) is 11.2. The van der Waals surface area contributed by atoms with Crippen LogP contribution in [0.4, 0.5) is 10.1 Å². The topological polar surface area (TPSA) is 117 Å². The number of hydrogen-bond acceptors (Lipinski definition) is 7. The molecule has 25 heavy (non-hydrogen) atoms. The highest BCUT2D eigenvalue weighted by molar-refractivity contribution is 5.74. The van der Waals surface area contributed by atoms with Gasteiger partial charge in [0.25, 0.3) is 0 Å². The highest BCUT2D eigenvalue weighted by atomic mass is 19.1. The van der Waals surface area contributed by atoms with Crippen molar-refractivity contribution >= 4 is 11.3 Å². The molecule has 126 valence electrons. The lowest BCUT2D eigenvalue weighted by atomic mass is 10.2. The molecule has 0 aliphatic heterocycles. The summed E-state index contributed by atoms with van der Waals surface area (Å²) in [4.78, 5) is 0. The summed E-state index contributed by atoms with van der Waals surface area (Å²) in [5, 5.41) is 29.3. The first kappa shape index (κ1) is 16.1. The van der Waals surface area contributed by atoms with Crippen molar-refractivity contribution < 1.29 is 9.13 Å². The highest BCUT2D eigenvalue weighted by Gasteiger charge is 2.09. The van der Waals surface area contributed by atoms with Crippen molar-refractivity contribution in [2.45, 2.75) is 6.61 Å². The van der Waals surface area contributed by atoms with Crippen LogP contribution in [0.25, 0.3) is 5.57 Å². The second-order valence-corrected chi connectivity index (χ2v) is 4.96. The molecule has 9 nitrogen and oxygen atoms in total. The molecule has 0 atom stereocenters. The molecule has 2 N–H and O–H groups in total. The molecule has 0 amide bonds. The van der Waals surface area contributed by atoms with Crippen molar-refractivity contribution in [3.63, 3.8) is 0 Å². The van der Waals surface area contributed by atoms with Gasteiger partial charge in [0.1, 0.15) is 29.8 Å². The highest BCUT2D eigenvalue weighted by Crippen LogP contribution is 2.26. The van der Waals surface area contributed by atoms with Crippen molar-refractivity contribution in [3.05, 3.63) is 54.0 Å². The van der Waals surface area contributed by atoms with Crippen LogP contribution in [0.15, 0.2) is 36.7 Å². The molecular weight excluding hydrogens is 327 g/mol.